The lowest BCUT2D eigenvalue weighted by Gasteiger charge is -2.22. The van der Waals surface area contributed by atoms with Gasteiger partial charge in [0.25, 0.3) is 0 Å². The minimum atomic E-state index is -0.178. The Morgan fingerprint density at radius 1 is 1.04 bits per heavy atom. The summed E-state index contributed by atoms with van der Waals surface area (Å²) in [6.45, 7) is 4.64. The predicted octanol–water partition coefficient (Wildman–Crippen LogP) is 1.79. The molecule has 0 bridgehead atoms. The number of rotatable bonds is 9. The Balaban J connectivity index is 1.95. The number of hydrazine groups is 1. The van der Waals surface area contributed by atoms with Crippen molar-refractivity contribution in [2.24, 2.45) is 11.6 Å². The highest BCUT2D eigenvalue weighted by molar-refractivity contribution is 5.77. The first-order valence-corrected chi connectivity index (χ1v) is 8.77. The third kappa shape index (κ3) is 5.89. The second kappa shape index (κ2) is 9.81. The molecule has 0 aliphatic rings. The lowest BCUT2D eigenvalue weighted by Crippen LogP contribution is -2.31. The average Bonchev–Trinajstić information content (AvgIpc) is 2.65. The van der Waals surface area contributed by atoms with Gasteiger partial charge < -0.3 is 10.6 Å². The number of aryl methyl sites for hydroxylation is 2. The molecule has 0 radical (unpaired) electrons. The molecule has 5 N–H and O–H groups in total. The van der Waals surface area contributed by atoms with Gasteiger partial charge in [-0.05, 0) is 48.6 Å². The molecular formula is C20H28N4O. The number of nitrogens with zero attached hydrogens (tertiary/aromatic N) is 1. The summed E-state index contributed by atoms with van der Waals surface area (Å²) in [5.41, 5.74) is 12.6. The van der Waals surface area contributed by atoms with E-state index in [4.69, 9.17) is 11.6 Å². The van der Waals surface area contributed by atoms with Gasteiger partial charge in [0.05, 0.1) is 6.42 Å². The fraction of sp³-hybridized carbons (Fsp3) is 0.350. The number of carbonyl (C=O) groups excluding carboxylic acids is 1. The third-order valence-electron chi connectivity index (χ3n) is 4.31. The minimum absolute atomic E-state index is 0.178. The van der Waals surface area contributed by atoms with Crippen LogP contribution in [0.2, 0.25) is 0 Å². The average molecular weight is 340 g/mol. The van der Waals surface area contributed by atoms with Crippen LogP contribution in [0.1, 0.15) is 23.6 Å². The molecule has 5 heteroatoms. The lowest BCUT2D eigenvalue weighted by molar-refractivity contribution is -0.120. The highest BCUT2D eigenvalue weighted by atomic mass is 16.2. The number of hydrogen-bond acceptors (Lipinski definition) is 4. The maximum Gasteiger partial charge on any atom is 0.238 e. The molecule has 0 atom stereocenters. The molecule has 5 nitrogen and oxygen atoms in total. The summed E-state index contributed by atoms with van der Waals surface area (Å²) >= 11 is 0. The monoisotopic (exact) mass is 340 g/mol. The summed E-state index contributed by atoms with van der Waals surface area (Å²) in [4.78, 5) is 13.6. The Kier molecular flexibility index (Phi) is 7.44. The quantitative estimate of drug-likeness (QED) is 0.369. The molecule has 0 unspecified atom stereocenters. The molecular weight excluding hydrogens is 312 g/mol. The number of hydrogen-bond donors (Lipinski definition) is 3. The number of benzene rings is 2. The van der Waals surface area contributed by atoms with Crippen molar-refractivity contribution in [1.29, 1.82) is 0 Å². The SMILES string of the molecule is CCN(CCN)c1cccc(CCc2ccc(CC(=O)NN)cc2)c1. The van der Waals surface area contributed by atoms with E-state index in [0.717, 1.165) is 31.5 Å². The fourth-order valence-corrected chi connectivity index (χ4v) is 2.88. The van der Waals surface area contributed by atoms with Crippen LogP contribution in [0, 0.1) is 0 Å². The Labute approximate surface area is 150 Å². The van der Waals surface area contributed by atoms with Crippen LogP contribution in [0.3, 0.4) is 0 Å². The Morgan fingerprint density at radius 2 is 1.72 bits per heavy atom. The summed E-state index contributed by atoms with van der Waals surface area (Å²) < 4.78 is 0. The van der Waals surface area contributed by atoms with E-state index in [1.54, 1.807) is 0 Å². The van der Waals surface area contributed by atoms with Gasteiger partial charge in [-0.25, -0.2) is 5.84 Å². The van der Waals surface area contributed by atoms with Gasteiger partial charge in [-0.1, -0.05) is 36.4 Å². The van der Waals surface area contributed by atoms with E-state index in [1.807, 2.05) is 12.1 Å². The number of anilines is 1. The molecule has 0 saturated heterocycles. The molecule has 0 aliphatic heterocycles. The van der Waals surface area contributed by atoms with Crippen molar-refractivity contribution in [2.75, 3.05) is 24.5 Å². The molecule has 0 spiro atoms. The normalized spacial score (nSPS) is 10.5. The highest BCUT2D eigenvalue weighted by Gasteiger charge is 2.05. The van der Waals surface area contributed by atoms with Crippen LogP contribution < -0.4 is 21.9 Å². The van der Waals surface area contributed by atoms with Crippen LogP contribution in [0.4, 0.5) is 5.69 Å². The van der Waals surface area contributed by atoms with Crippen molar-refractivity contribution in [3.63, 3.8) is 0 Å². The smallest absolute Gasteiger partial charge is 0.238 e. The van der Waals surface area contributed by atoms with Gasteiger partial charge in [0.1, 0.15) is 0 Å². The molecule has 0 aliphatic carbocycles. The predicted molar refractivity (Wildman–Crippen MR) is 103 cm³/mol. The van der Waals surface area contributed by atoms with Gasteiger partial charge in [0.2, 0.25) is 5.91 Å². The maximum atomic E-state index is 11.3. The summed E-state index contributed by atoms with van der Waals surface area (Å²) in [6, 6.07) is 16.8. The first-order chi connectivity index (χ1) is 12.2. The number of carbonyl (C=O) groups is 1. The molecule has 2 rings (SSSR count). The van der Waals surface area contributed by atoms with Crippen molar-refractivity contribution in [1.82, 2.24) is 5.43 Å². The molecule has 2 aromatic rings. The summed E-state index contributed by atoms with van der Waals surface area (Å²) in [5.74, 6) is 4.94. The van der Waals surface area contributed by atoms with Crippen molar-refractivity contribution >= 4 is 11.6 Å². The minimum Gasteiger partial charge on any atom is -0.371 e. The van der Waals surface area contributed by atoms with Crippen LogP contribution in [0.5, 0.6) is 0 Å². The highest BCUT2D eigenvalue weighted by Crippen LogP contribution is 2.17. The molecule has 0 saturated carbocycles. The van der Waals surface area contributed by atoms with Crippen LogP contribution in [0.25, 0.3) is 0 Å². The maximum absolute atomic E-state index is 11.3. The van der Waals surface area contributed by atoms with E-state index in [-0.39, 0.29) is 5.91 Å². The fourth-order valence-electron chi connectivity index (χ4n) is 2.88. The summed E-state index contributed by atoms with van der Waals surface area (Å²) in [7, 11) is 0. The van der Waals surface area contributed by atoms with Crippen LogP contribution in [0.15, 0.2) is 48.5 Å². The lowest BCUT2D eigenvalue weighted by atomic mass is 10.0. The Bertz CT molecular complexity index is 670. The molecule has 1 amide bonds. The van der Waals surface area contributed by atoms with Crippen molar-refractivity contribution < 1.29 is 4.79 Å². The Hall–Kier alpha value is -2.37. The van der Waals surface area contributed by atoms with Crippen LogP contribution >= 0.6 is 0 Å². The van der Waals surface area contributed by atoms with Gasteiger partial charge in [0.15, 0.2) is 0 Å². The van der Waals surface area contributed by atoms with Crippen molar-refractivity contribution in [2.45, 2.75) is 26.2 Å². The zero-order chi connectivity index (χ0) is 18.1. The second-order valence-electron chi connectivity index (χ2n) is 6.10. The Morgan fingerprint density at radius 3 is 2.36 bits per heavy atom. The van der Waals surface area contributed by atoms with Crippen molar-refractivity contribution in [3.8, 4) is 0 Å². The zero-order valence-electron chi connectivity index (χ0n) is 14.9. The van der Waals surface area contributed by atoms with Gasteiger partial charge >= 0.3 is 0 Å². The van der Waals surface area contributed by atoms with E-state index < -0.39 is 0 Å². The largest absolute Gasteiger partial charge is 0.371 e. The first-order valence-electron chi connectivity index (χ1n) is 8.77. The molecule has 25 heavy (non-hydrogen) atoms. The van der Waals surface area contributed by atoms with Gasteiger partial charge in [0, 0.05) is 25.3 Å². The van der Waals surface area contributed by atoms with E-state index >= 15 is 0 Å². The number of nitrogens with one attached hydrogen (secondary N) is 1. The molecule has 0 aromatic heterocycles. The first kappa shape index (κ1) is 19.0. The summed E-state index contributed by atoms with van der Waals surface area (Å²) in [6.07, 6.45) is 2.26. The molecule has 0 fully saturated rings. The third-order valence-corrected chi connectivity index (χ3v) is 4.31. The zero-order valence-corrected chi connectivity index (χ0v) is 14.9. The molecule has 2 aromatic carbocycles. The van der Waals surface area contributed by atoms with E-state index in [1.165, 1.54) is 16.8 Å². The summed E-state index contributed by atoms with van der Waals surface area (Å²) in [5, 5.41) is 0. The van der Waals surface area contributed by atoms with Gasteiger partial charge in [-0.3, -0.25) is 10.2 Å². The van der Waals surface area contributed by atoms with Crippen molar-refractivity contribution in [3.05, 3.63) is 65.2 Å². The molecule has 134 valence electrons. The number of amides is 1. The molecule has 0 heterocycles. The van der Waals surface area contributed by atoms with E-state index in [9.17, 15) is 4.79 Å². The van der Waals surface area contributed by atoms with Gasteiger partial charge in [-0.2, -0.15) is 0 Å². The van der Waals surface area contributed by atoms with Crippen LogP contribution in [-0.4, -0.2) is 25.5 Å². The van der Waals surface area contributed by atoms with E-state index in [2.05, 4.69) is 53.6 Å². The van der Waals surface area contributed by atoms with Gasteiger partial charge in [-0.15, -0.1) is 0 Å². The van der Waals surface area contributed by atoms with E-state index in [0.29, 0.717) is 13.0 Å². The topological polar surface area (TPSA) is 84.4 Å². The number of nitrogens with two attached hydrogens (primary N) is 2. The standard InChI is InChI=1S/C20H28N4O/c1-2-24(13-12-21)19-5-3-4-17(14-19)9-6-16-7-10-18(11-8-16)15-20(25)23-22/h3-5,7-8,10-11,14H,2,6,9,12-13,15,21-22H2,1H3,(H,23,25). The van der Waals surface area contributed by atoms with Crippen LogP contribution in [-0.2, 0) is 24.1 Å². The number of likely N-dealkylation sites (N-methyl/N-ethyl adjacent to an activating group) is 1. The second-order valence-corrected chi connectivity index (χ2v) is 6.10.